The molecule has 0 radical (unpaired) electrons. The number of rotatable bonds is 6. The van der Waals surface area contributed by atoms with Gasteiger partial charge in [-0.2, -0.15) is 0 Å². The first-order chi connectivity index (χ1) is 15.3. The van der Waals surface area contributed by atoms with Crippen molar-refractivity contribution in [1.29, 1.82) is 0 Å². The van der Waals surface area contributed by atoms with E-state index in [0.717, 1.165) is 21.3 Å². The number of anilines is 1. The molecule has 8 heteroatoms. The molecule has 2 N–H and O–H groups in total. The first kappa shape index (κ1) is 24.1. The number of thioether (sulfide) groups is 1. The number of aliphatic imine (C=N–C) groups is 1. The second-order valence-corrected chi connectivity index (χ2v) is 9.29. The van der Waals surface area contributed by atoms with Crippen LogP contribution in [0.3, 0.4) is 0 Å². The van der Waals surface area contributed by atoms with Gasteiger partial charge in [0.15, 0.2) is 5.17 Å². The number of ether oxygens (including phenoxy) is 1. The average Bonchev–Trinajstić information content (AvgIpc) is 2.74. The van der Waals surface area contributed by atoms with Crippen molar-refractivity contribution in [2.75, 3.05) is 17.7 Å². The summed E-state index contributed by atoms with van der Waals surface area (Å²) in [7, 11) is 0. The van der Waals surface area contributed by atoms with Gasteiger partial charge in [0.2, 0.25) is 5.91 Å². The number of hydrogen-bond donors (Lipinski definition) is 2. The van der Waals surface area contributed by atoms with Gasteiger partial charge in [0.05, 0.1) is 17.9 Å². The lowest BCUT2D eigenvalue weighted by Gasteiger charge is -2.25. The highest BCUT2D eigenvalue weighted by Gasteiger charge is 2.30. The molecule has 0 aliphatic carbocycles. The lowest BCUT2D eigenvalue weighted by Crippen LogP contribution is -2.31. The quantitative estimate of drug-likeness (QED) is 0.511. The van der Waals surface area contributed by atoms with Crippen LogP contribution in [0, 0.1) is 13.8 Å². The third kappa shape index (κ3) is 6.01. The monoisotopic (exact) mass is 515 g/mol. The van der Waals surface area contributed by atoms with Gasteiger partial charge in [0.25, 0.3) is 0 Å². The Morgan fingerprint density at radius 2 is 1.94 bits per heavy atom. The zero-order valence-corrected chi connectivity index (χ0v) is 20.9. The average molecular weight is 516 g/mol. The van der Waals surface area contributed by atoms with Gasteiger partial charge in [-0.15, -0.1) is 0 Å². The van der Waals surface area contributed by atoms with Crippen LogP contribution in [0.5, 0.6) is 0 Å². The largest absolute Gasteiger partial charge is 0.463 e. The summed E-state index contributed by atoms with van der Waals surface area (Å²) >= 11 is 4.78. The fraction of sp³-hybridized carbons (Fsp3) is 0.292. The van der Waals surface area contributed by atoms with Crippen molar-refractivity contribution in [2.24, 2.45) is 4.99 Å². The molecule has 32 heavy (non-hydrogen) atoms. The molecule has 3 rings (SSSR count). The highest BCUT2D eigenvalue weighted by Crippen LogP contribution is 2.34. The number of esters is 1. The summed E-state index contributed by atoms with van der Waals surface area (Å²) in [6.07, 6.45) is 0. The van der Waals surface area contributed by atoms with E-state index in [-0.39, 0.29) is 18.3 Å². The molecule has 0 aromatic heterocycles. The van der Waals surface area contributed by atoms with E-state index >= 15 is 0 Å². The fourth-order valence-electron chi connectivity index (χ4n) is 3.26. The van der Waals surface area contributed by atoms with Gasteiger partial charge < -0.3 is 15.4 Å². The predicted octanol–water partition coefficient (Wildman–Crippen LogP) is 5.28. The summed E-state index contributed by atoms with van der Waals surface area (Å²) in [5, 5.41) is 6.66. The summed E-state index contributed by atoms with van der Waals surface area (Å²) in [6, 6.07) is 13.0. The first-order valence-corrected chi connectivity index (χ1v) is 12.0. The molecule has 0 saturated heterocycles. The van der Waals surface area contributed by atoms with Crippen molar-refractivity contribution in [2.45, 2.75) is 33.7 Å². The van der Waals surface area contributed by atoms with Crippen LogP contribution in [0.2, 0.25) is 0 Å². The van der Waals surface area contributed by atoms with Crippen LogP contribution < -0.4 is 10.6 Å². The Hall–Kier alpha value is -2.58. The number of carbonyl (C=O) groups is 2. The molecular formula is C24H26BrN3O3S. The van der Waals surface area contributed by atoms with E-state index in [1.807, 2.05) is 63.2 Å². The third-order valence-corrected chi connectivity index (χ3v) is 6.39. The Bertz CT molecular complexity index is 1100. The summed E-state index contributed by atoms with van der Waals surface area (Å²) in [6.45, 7) is 7.92. The highest BCUT2D eigenvalue weighted by atomic mass is 79.9. The maximum atomic E-state index is 12.6. The fourth-order valence-corrected chi connectivity index (χ4v) is 4.42. The van der Waals surface area contributed by atoms with Crippen LogP contribution in [0.1, 0.15) is 36.6 Å². The minimum Gasteiger partial charge on any atom is -0.463 e. The smallest absolute Gasteiger partial charge is 0.338 e. The van der Waals surface area contributed by atoms with Gasteiger partial charge in [-0.3, -0.25) is 4.79 Å². The minimum absolute atomic E-state index is 0.125. The van der Waals surface area contributed by atoms with E-state index < -0.39 is 12.0 Å². The van der Waals surface area contributed by atoms with E-state index in [4.69, 9.17) is 9.73 Å². The van der Waals surface area contributed by atoms with E-state index in [1.54, 1.807) is 6.92 Å². The second kappa shape index (κ2) is 10.8. The topological polar surface area (TPSA) is 79.8 Å². The number of carbonyl (C=O) groups excluding carboxylic acids is 2. The number of amides is 1. The molecule has 0 bridgehead atoms. The number of hydrogen-bond acceptors (Lipinski definition) is 6. The SMILES string of the molecule is CCOC(=O)C1=C(C)NC(SCC(=O)Nc2ccc(C)c(C)c2)=N[C@H]1c1cccc(Br)c1. The number of nitrogens with one attached hydrogen (secondary N) is 2. The van der Waals surface area contributed by atoms with Gasteiger partial charge in [0.1, 0.15) is 6.04 Å². The van der Waals surface area contributed by atoms with Gasteiger partial charge in [-0.25, -0.2) is 9.79 Å². The number of allylic oxidation sites excluding steroid dienone is 1. The van der Waals surface area contributed by atoms with Gasteiger partial charge in [-0.1, -0.05) is 45.9 Å². The van der Waals surface area contributed by atoms with Gasteiger partial charge in [0, 0.05) is 15.9 Å². The molecule has 0 saturated carbocycles. The van der Waals surface area contributed by atoms with Crippen LogP contribution in [0.25, 0.3) is 0 Å². The normalized spacial score (nSPS) is 15.7. The number of nitrogens with zero attached hydrogens (tertiary/aromatic N) is 1. The van der Waals surface area contributed by atoms with Crippen molar-refractivity contribution in [3.63, 3.8) is 0 Å². The van der Waals surface area contributed by atoms with Crippen molar-refractivity contribution in [1.82, 2.24) is 5.32 Å². The highest BCUT2D eigenvalue weighted by molar-refractivity contribution is 9.10. The Labute approximate surface area is 201 Å². The molecule has 6 nitrogen and oxygen atoms in total. The zero-order valence-electron chi connectivity index (χ0n) is 18.5. The predicted molar refractivity (Wildman–Crippen MR) is 134 cm³/mol. The number of benzene rings is 2. The minimum atomic E-state index is -0.516. The molecular weight excluding hydrogens is 490 g/mol. The third-order valence-electron chi connectivity index (χ3n) is 5.01. The Kier molecular flexibility index (Phi) is 8.15. The van der Waals surface area contributed by atoms with Crippen LogP contribution in [0.4, 0.5) is 5.69 Å². The first-order valence-electron chi connectivity index (χ1n) is 10.3. The summed E-state index contributed by atoms with van der Waals surface area (Å²) in [5.41, 5.74) is 5.06. The van der Waals surface area contributed by atoms with Gasteiger partial charge in [-0.05, 0) is 68.7 Å². The van der Waals surface area contributed by atoms with E-state index in [0.29, 0.717) is 16.4 Å². The lowest BCUT2D eigenvalue weighted by molar-refractivity contribution is -0.139. The van der Waals surface area contributed by atoms with Crippen molar-refractivity contribution >= 4 is 50.4 Å². The maximum Gasteiger partial charge on any atom is 0.338 e. The Morgan fingerprint density at radius 3 is 2.62 bits per heavy atom. The summed E-state index contributed by atoms with van der Waals surface area (Å²) < 4.78 is 6.16. The Balaban J connectivity index is 1.76. The van der Waals surface area contributed by atoms with Gasteiger partial charge >= 0.3 is 5.97 Å². The molecule has 0 unspecified atom stereocenters. The molecule has 168 valence electrons. The number of aryl methyl sites for hydroxylation is 2. The van der Waals surface area contributed by atoms with Crippen LogP contribution in [0.15, 0.2) is 63.2 Å². The van der Waals surface area contributed by atoms with Crippen LogP contribution >= 0.6 is 27.7 Å². The molecule has 2 aromatic carbocycles. The molecule has 1 aliphatic rings. The standard InChI is InChI=1S/C24H26BrN3O3S/c1-5-31-23(30)21-16(4)26-24(28-22(21)17-7-6-8-18(25)12-17)32-13-20(29)27-19-10-9-14(2)15(3)11-19/h6-12,22H,5,13H2,1-4H3,(H,26,28)(H,27,29)/t22-/m0/s1. The van der Waals surface area contributed by atoms with Crippen molar-refractivity contribution in [3.05, 3.63) is 74.9 Å². The van der Waals surface area contributed by atoms with E-state index in [2.05, 4.69) is 26.6 Å². The van der Waals surface area contributed by atoms with Crippen LogP contribution in [-0.2, 0) is 14.3 Å². The number of amidine groups is 1. The summed E-state index contributed by atoms with van der Waals surface area (Å²) in [5.74, 6) is -0.339. The maximum absolute atomic E-state index is 12.6. The number of halogens is 1. The molecule has 1 aliphatic heterocycles. The van der Waals surface area contributed by atoms with E-state index in [1.165, 1.54) is 17.3 Å². The summed E-state index contributed by atoms with van der Waals surface area (Å²) in [4.78, 5) is 29.9. The molecule has 1 heterocycles. The molecule has 1 amide bonds. The van der Waals surface area contributed by atoms with Crippen LogP contribution in [-0.4, -0.2) is 29.4 Å². The molecule has 0 spiro atoms. The van der Waals surface area contributed by atoms with Crippen molar-refractivity contribution < 1.29 is 14.3 Å². The molecule has 0 fully saturated rings. The second-order valence-electron chi connectivity index (χ2n) is 7.41. The lowest BCUT2D eigenvalue weighted by atomic mass is 9.97. The molecule has 2 aromatic rings. The van der Waals surface area contributed by atoms with E-state index in [9.17, 15) is 9.59 Å². The zero-order chi connectivity index (χ0) is 23.3. The Morgan fingerprint density at radius 1 is 1.16 bits per heavy atom. The van der Waals surface area contributed by atoms with Crippen molar-refractivity contribution in [3.8, 4) is 0 Å². The molecule has 1 atom stereocenters.